The number of halogens is 2. The maximum Gasteiger partial charge on any atom is 0.279 e. The van der Waals surface area contributed by atoms with Gasteiger partial charge in [-0.15, -0.1) is 0 Å². The van der Waals surface area contributed by atoms with Gasteiger partial charge in [0.25, 0.3) is 10.2 Å². The summed E-state index contributed by atoms with van der Waals surface area (Å²) in [6.45, 7) is 4.34. The van der Waals surface area contributed by atoms with Crippen LogP contribution < -0.4 is 4.72 Å². The van der Waals surface area contributed by atoms with Gasteiger partial charge >= 0.3 is 0 Å². The maximum absolute atomic E-state index is 13.2. The number of nitrogens with one attached hydrogen (secondary N) is 1. The third-order valence-corrected chi connectivity index (χ3v) is 5.73. The molecule has 2 N–H and O–H groups in total. The van der Waals surface area contributed by atoms with Crippen LogP contribution in [0, 0.1) is 17.6 Å². The monoisotopic (exact) mass is 348 g/mol. The Labute approximate surface area is 135 Å². The quantitative estimate of drug-likeness (QED) is 0.855. The first-order valence-electron chi connectivity index (χ1n) is 7.61. The third-order valence-electron chi connectivity index (χ3n) is 4.05. The minimum atomic E-state index is -3.73. The molecular weight excluding hydrogens is 326 g/mol. The van der Waals surface area contributed by atoms with Crippen LogP contribution in [0.3, 0.4) is 0 Å². The summed E-state index contributed by atoms with van der Waals surface area (Å²) in [4.78, 5) is 0. The van der Waals surface area contributed by atoms with E-state index in [1.54, 1.807) is 0 Å². The Morgan fingerprint density at radius 3 is 2.65 bits per heavy atom. The van der Waals surface area contributed by atoms with E-state index in [2.05, 4.69) is 4.72 Å². The lowest BCUT2D eigenvalue weighted by atomic mass is 10.0. The average Bonchev–Trinajstić information content (AvgIpc) is 2.49. The van der Waals surface area contributed by atoms with Gasteiger partial charge in [0.1, 0.15) is 0 Å². The lowest BCUT2D eigenvalue weighted by Crippen LogP contribution is -2.49. The molecule has 0 unspecified atom stereocenters. The summed E-state index contributed by atoms with van der Waals surface area (Å²) in [6.07, 6.45) is 0.503. The molecule has 0 bridgehead atoms. The van der Waals surface area contributed by atoms with E-state index in [1.807, 2.05) is 6.92 Å². The first-order chi connectivity index (χ1) is 10.7. The minimum Gasteiger partial charge on any atom is -0.387 e. The van der Waals surface area contributed by atoms with Crippen molar-refractivity contribution in [2.24, 2.45) is 5.92 Å². The van der Waals surface area contributed by atoms with Crippen LogP contribution in [0.4, 0.5) is 8.78 Å². The normalized spacial score (nSPS) is 22.7. The highest BCUT2D eigenvalue weighted by Gasteiger charge is 2.30. The van der Waals surface area contributed by atoms with E-state index in [4.69, 9.17) is 0 Å². The predicted octanol–water partition coefficient (Wildman–Crippen LogP) is 1.95. The highest BCUT2D eigenvalue weighted by molar-refractivity contribution is 7.87. The van der Waals surface area contributed by atoms with Gasteiger partial charge in [-0.1, -0.05) is 13.0 Å². The molecule has 1 fully saturated rings. The SMILES string of the molecule is C[C@@H]1CCCN(S(=O)(=O)N[C@@H](C)[C@@H](O)c2ccc(F)c(F)c2)C1. The highest BCUT2D eigenvalue weighted by atomic mass is 32.2. The van der Waals surface area contributed by atoms with E-state index in [1.165, 1.54) is 17.3 Å². The van der Waals surface area contributed by atoms with Gasteiger partial charge in [0, 0.05) is 13.1 Å². The van der Waals surface area contributed by atoms with Crippen LogP contribution in [0.1, 0.15) is 38.4 Å². The van der Waals surface area contributed by atoms with Gasteiger partial charge < -0.3 is 5.11 Å². The van der Waals surface area contributed by atoms with Crippen molar-refractivity contribution in [1.29, 1.82) is 0 Å². The molecule has 1 aliphatic rings. The molecule has 1 aliphatic heterocycles. The van der Waals surface area contributed by atoms with Crippen molar-refractivity contribution in [3.05, 3.63) is 35.4 Å². The van der Waals surface area contributed by atoms with Crippen molar-refractivity contribution >= 4 is 10.2 Å². The van der Waals surface area contributed by atoms with Crippen molar-refractivity contribution in [3.8, 4) is 0 Å². The van der Waals surface area contributed by atoms with E-state index in [0.29, 0.717) is 13.1 Å². The Morgan fingerprint density at radius 1 is 1.35 bits per heavy atom. The van der Waals surface area contributed by atoms with E-state index in [9.17, 15) is 22.3 Å². The molecule has 0 amide bonds. The molecule has 1 heterocycles. The maximum atomic E-state index is 13.2. The molecule has 3 atom stereocenters. The molecule has 130 valence electrons. The molecule has 0 aromatic heterocycles. The van der Waals surface area contributed by atoms with Crippen molar-refractivity contribution < 1.29 is 22.3 Å². The lowest BCUT2D eigenvalue weighted by molar-refractivity contribution is 0.144. The molecule has 1 aromatic rings. The number of nitrogens with zero attached hydrogens (tertiary/aromatic N) is 1. The summed E-state index contributed by atoms with van der Waals surface area (Å²) in [5.74, 6) is -1.82. The van der Waals surface area contributed by atoms with Crippen LogP contribution in [-0.4, -0.2) is 37.0 Å². The molecule has 5 nitrogen and oxygen atoms in total. The molecule has 0 radical (unpaired) electrons. The van der Waals surface area contributed by atoms with Crippen LogP contribution in [0.15, 0.2) is 18.2 Å². The van der Waals surface area contributed by atoms with Crippen molar-refractivity contribution in [2.75, 3.05) is 13.1 Å². The molecule has 1 aromatic carbocycles. The first-order valence-corrected chi connectivity index (χ1v) is 9.05. The molecular formula is C15H22F2N2O3S. The van der Waals surface area contributed by atoms with Crippen LogP contribution in [0.25, 0.3) is 0 Å². The number of piperidine rings is 1. The molecule has 23 heavy (non-hydrogen) atoms. The summed E-state index contributed by atoms with van der Waals surface area (Å²) >= 11 is 0. The third kappa shape index (κ3) is 4.47. The summed E-state index contributed by atoms with van der Waals surface area (Å²) < 4.78 is 54.7. The standard InChI is InChI=1S/C15H22F2N2O3S/c1-10-4-3-7-19(9-10)23(21,22)18-11(2)15(20)12-5-6-13(16)14(17)8-12/h5-6,8,10-11,15,18,20H,3-4,7,9H2,1-2H3/t10-,11+,15-/m1/s1. The van der Waals surface area contributed by atoms with Crippen molar-refractivity contribution in [1.82, 2.24) is 9.03 Å². The molecule has 8 heteroatoms. The number of hydrogen-bond donors (Lipinski definition) is 2. The fourth-order valence-electron chi connectivity index (χ4n) is 2.72. The fraction of sp³-hybridized carbons (Fsp3) is 0.600. The van der Waals surface area contributed by atoms with Crippen LogP contribution in [-0.2, 0) is 10.2 Å². The number of rotatable bonds is 5. The molecule has 0 aliphatic carbocycles. The summed E-state index contributed by atoms with van der Waals surface area (Å²) in [5.41, 5.74) is 0.117. The first kappa shape index (κ1) is 18.3. The molecule has 0 spiro atoms. The minimum absolute atomic E-state index is 0.117. The molecule has 0 saturated carbocycles. The number of aliphatic hydroxyl groups is 1. The zero-order valence-corrected chi connectivity index (χ0v) is 14.0. The van der Waals surface area contributed by atoms with E-state index < -0.39 is 34.0 Å². The van der Waals surface area contributed by atoms with Crippen LogP contribution >= 0.6 is 0 Å². The Hall–Kier alpha value is -1.09. The summed E-state index contributed by atoms with van der Waals surface area (Å²) in [6, 6.07) is 2.13. The zero-order valence-electron chi connectivity index (χ0n) is 13.2. The molecule has 1 saturated heterocycles. The van der Waals surface area contributed by atoms with E-state index in [-0.39, 0.29) is 11.5 Å². The lowest BCUT2D eigenvalue weighted by Gasteiger charge is -2.32. The highest BCUT2D eigenvalue weighted by Crippen LogP contribution is 2.22. The van der Waals surface area contributed by atoms with E-state index >= 15 is 0 Å². The number of aliphatic hydroxyl groups excluding tert-OH is 1. The Bertz CT molecular complexity index is 654. The van der Waals surface area contributed by atoms with Gasteiger partial charge in [0.05, 0.1) is 12.1 Å². The van der Waals surface area contributed by atoms with E-state index in [0.717, 1.165) is 25.0 Å². The predicted molar refractivity (Wildman–Crippen MR) is 82.8 cm³/mol. The second-order valence-corrected chi connectivity index (χ2v) is 7.84. The Kier molecular flexibility index (Phi) is 5.72. The number of hydrogen-bond acceptors (Lipinski definition) is 3. The second kappa shape index (κ2) is 7.21. The topological polar surface area (TPSA) is 69.6 Å². The van der Waals surface area contributed by atoms with Crippen LogP contribution in [0.2, 0.25) is 0 Å². The van der Waals surface area contributed by atoms with Gasteiger partial charge in [-0.2, -0.15) is 17.4 Å². The summed E-state index contributed by atoms with van der Waals surface area (Å²) in [7, 11) is -3.73. The number of benzene rings is 1. The summed E-state index contributed by atoms with van der Waals surface area (Å²) in [5, 5.41) is 10.2. The van der Waals surface area contributed by atoms with Gasteiger partial charge in [-0.3, -0.25) is 0 Å². The van der Waals surface area contributed by atoms with Gasteiger partial charge in [-0.05, 0) is 43.4 Å². The molecule has 2 rings (SSSR count). The van der Waals surface area contributed by atoms with Gasteiger partial charge in [-0.25, -0.2) is 8.78 Å². The van der Waals surface area contributed by atoms with Crippen molar-refractivity contribution in [2.45, 2.75) is 38.8 Å². The van der Waals surface area contributed by atoms with Gasteiger partial charge in [0.2, 0.25) is 0 Å². The van der Waals surface area contributed by atoms with Crippen LogP contribution in [0.5, 0.6) is 0 Å². The second-order valence-electron chi connectivity index (χ2n) is 6.14. The zero-order chi connectivity index (χ0) is 17.2. The van der Waals surface area contributed by atoms with Gasteiger partial charge in [0.15, 0.2) is 11.6 Å². The fourth-order valence-corrected chi connectivity index (χ4v) is 4.29. The Balaban J connectivity index is 2.07. The largest absolute Gasteiger partial charge is 0.387 e. The van der Waals surface area contributed by atoms with Crippen molar-refractivity contribution in [3.63, 3.8) is 0 Å². The smallest absolute Gasteiger partial charge is 0.279 e. The average molecular weight is 348 g/mol. The Morgan fingerprint density at radius 2 is 2.04 bits per heavy atom.